The van der Waals surface area contributed by atoms with Gasteiger partial charge >= 0.3 is 6.55 Å². The van der Waals surface area contributed by atoms with Gasteiger partial charge < -0.3 is 0 Å². The van der Waals surface area contributed by atoms with Crippen LogP contribution in [-0.2, 0) is 6.54 Å². The molecule has 14 heavy (non-hydrogen) atoms. The monoisotopic (exact) mass is 198 g/mol. The number of halogens is 2. The van der Waals surface area contributed by atoms with E-state index < -0.39 is 6.55 Å². The molecule has 0 aromatic carbocycles. The van der Waals surface area contributed by atoms with Crippen molar-refractivity contribution in [3.63, 3.8) is 0 Å². The highest BCUT2D eigenvalue weighted by molar-refractivity contribution is 4.94. The van der Waals surface area contributed by atoms with Gasteiger partial charge in [0, 0.05) is 24.8 Å². The molecular formula is C8H8F2N4. The second-order valence-corrected chi connectivity index (χ2v) is 2.73. The van der Waals surface area contributed by atoms with Gasteiger partial charge in [-0.2, -0.15) is 13.9 Å². The lowest BCUT2D eigenvalue weighted by Crippen LogP contribution is -2.09. The highest BCUT2D eigenvalue weighted by Crippen LogP contribution is 2.12. The average molecular weight is 198 g/mol. The van der Waals surface area contributed by atoms with Crippen LogP contribution in [0.3, 0.4) is 0 Å². The number of alkyl halides is 2. The molecule has 0 aliphatic carbocycles. The van der Waals surface area contributed by atoms with Gasteiger partial charge in [0.2, 0.25) is 0 Å². The van der Waals surface area contributed by atoms with Crippen molar-refractivity contribution in [1.82, 2.24) is 19.3 Å². The standard InChI is InChI=1S/C8H8F2N4/c9-8(10)14-5-3-11-7(14)6-13-4-1-2-12-13/h1-5,8H,6H2. The van der Waals surface area contributed by atoms with Crippen LogP contribution < -0.4 is 0 Å². The maximum atomic E-state index is 12.4. The first-order valence-electron chi connectivity index (χ1n) is 4.04. The van der Waals surface area contributed by atoms with E-state index in [9.17, 15) is 8.78 Å². The molecule has 6 heteroatoms. The molecule has 2 heterocycles. The lowest BCUT2D eigenvalue weighted by Gasteiger charge is -2.05. The summed E-state index contributed by atoms with van der Waals surface area (Å²) in [6.45, 7) is -2.30. The van der Waals surface area contributed by atoms with E-state index in [1.54, 1.807) is 23.1 Å². The van der Waals surface area contributed by atoms with Gasteiger partial charge in [0.15, 0.2) is 0 Å². The molecule has 2 aromatic rings. The molecule has 0 radical (unpaired) electrons. The van der Waals surface area contributed by atoms with Crippen molar-refractivity contribution in [3.05, 3.63) is 36.7 Å². The van der Waals surface area contributed by atoms with Crippen molar-refractivity contribution in [3.8, 4) is 0 Å². The largest absolute Gasteiger partial charge is 0.319 e. The molecular weight excluding hydrogens is 190 g/mol. The topological polar surface area (TPSA) is 35.6 Å². The molecule has 0 fully saturated rings. The van der Waals surface area contributed by atoms with E-state index in [1.807, 2.05) is 0 Å². The summed E-state index contributed by atoms with van der Waals surface area (Å²) in [5, 5.41) is 3.91. The van der Waals surface area contributed by atoms with E-state index in [0.717, 1.165) is 4.57 Å². The van der Waals surface area contributed by atoms with Gasteiger partial charge in [-0.1, -0.05) is 0 Å². The molecule has 0 atom stereocenters. The SMILES string of the molecule is FC(F)n1ccnc1Cn1cccn1. The van der Waals surface area contributed by atoms with Crippen LogP contribution in [-0.4, -0.2) is 19.3 Å². The Labute approximate surface area is 78.8 Å². The molecule has 0 spiro atoms. The third-order valence-electron chi connectivity index (χ3n) is 1.82. The molecule has 0 saturated heterocycles. The van der Waals surface area contributed by atoms with Crippen LogP contribution in [0.5, 0.6) is 0 Å². The number of rotatable bonds is 3. The van der Waals surface area contributed by atoms with Crippen LogP contribution >= 0.6 is 0 Å². The minimum absolute atomic E-state index is 0.254. The number of hydrogen-bond acceptors (Lipinski definition) is 2. The highest BCUT2D eigenvalue weighted by atomic mass is 19.3. The normalized spacial score (nSPS) is 11.1. The van der Waals surface area contributed by atoms with Crippen molar-refractivity contribution < 1.29 is 8.78 Å². The van der Waals surface area contributed by atoms with E-state index in [-0.39, 0.29) is 6.54 Å². The molecule has 0 aliphatic rings. The summed E-state index contributed by atoms with van der Waals surface area (Å²) in [5.41, 5.74) is 0. The first kappa shape index (κ1) is 8.86. The Morgan fingerprint density at radius 1 is 1.29 bits per heavy atom. The van der Waals surface area contributed by atoms with Gasteiger partial charge in [0.25, 0.3) is 0 Å². The van der Waals surface area contributed by atoms with Gasteiger partial charge in [-0.15, -0.1) is 0 Å². The van der Waals surface area contributed by atoms with Crippen LogP contribution in [0, 0.1) is 0 Å². The van der Waals surface area contributed by atoms with Gasteiger partial charge in [-0.25, -0.2) is 4.98 Å². The second-order valence-electron chi connectivity index (χ2n) is 2.73. The van der Waals surface area contributed by atoms with Crippen molar-refractivity contribution in [2.24, 2.45) is 0 Å². The predicted molar refractivity (Wildman–Crippen MR) is 44.8 cm³/mol. The average Bonchev–Trinajstić information content (AvgIpc) is 2.75. The van der Waals surface area contributed by atoms with E-state index in [2.05, 4.69) is 10.1 Å². The summed E-state index contributed by atoms with van der Waals surface area (Å²) < 4.78 is 27.1. The van der Waals surface area contributed by atoms with E-state index in [0.29, 0.717) is 5.82 Å². The maximum absolute atomic E-state index is 12.4. The van der Waals surface area contributed by atoms with Crippen molar-refractivity contribution >= 4 is 0 Å². The molecule has 4 nitrogen and oxygen atoms in total. The van der Waals surface area contributed by atoms with Crippen LogP contribution in [0.1, 0.15) is 12.4 Å². The predicted octanol–water partition coefficient (Wildman–Crippen LogP) is 1.52. The molecule has 0 amide bonds. The summed E-state index contributed by atoms with van der Waals surface area (Å²) in [7, 11) is 0. The Morgan fingerprint density at radius 3 is 2.79 bits per heavy atom. The summed E-state index contributed by atoms with van der Waals surface area (Å²) >= 11 is 0. The molecule has 2 aromatic heterocycles. The summed E-state index contributed by atoms with van der Waals surface area (Å²) in [4.78, 5) is 3.83. The van der Waals surface area contributed by atoms with Crippen molar-refractivity contribution in [2.75, 3.05) is 0 Å². The zero-order valence-corrected chi connectivity index (χ0v) is 7.22. The molecule has 0 N–H and O–H groups in total. The molecule has 0 saturated carbocycles. The lowest BCUT2D eigenvalue weighted by atomic mass is 10.6. The number of nitrogens with zero attached hydrogens (tertiary/aromatic N) is 4. The molecule has 0 aliphatic heterocycles. The van der Waals surface area contributed by atoms with E-state index >= 15 is 0 Å². The first-order valence-corrected chi connectivity index (χ1v) is 4.04. The minimum atomic E-state index is -2.55. The fourth-order valence-electron chi connectivity index (χ4n) is 1.18. The second kappa shape index (κ2) is 3.57. The summed E-state index contributed by atoms with van der Waals surface area (Å²) in [5.74, 6) is 0.295. The van der Waals surface area contributed by atoms with Crippen LogP contribution in [0.4, 0.5) is 8.78 Å². The van der Waals surface area contributed by atoms with Gasteiger partial charge in [0.05, 0.1) is 6.54 Å². The van der Waals surface area contributed by atoms with Gasteiger partial charge in [-0.05, 0) is 6.07 Å². The lowest BCUT2D eigenvalue weighted by molar-refractivity contribution is 0.0665. The maximum Gasteiger partial charge on any atom is 0.319 e. The summed E-state index contributed by atoms with van der Waals surface area (Å²) in [6.07, 6.45) is 5.90. The third-order valence-corrected chi connectivity index (χ3v) is 1.82. The fourth-order valence-corrected chi connectivity index (χ4v) is 1.18. The van der Waals surface area contributed by atoms with Crippen molar-refractivity contribution in [2.45, 2.75) is 13.1 Å². The zero-order valence-electron chi connectivity index (χ0n) is 7.22. The Hall–Kier alpha value is -1.72. The Bertz CT molecular complexity index is 393. The van der Waals surface area contributed by atoms with Gasteiger partial charge in [-0.3, -0.25) is 9.25 Å². The Morgan fingerprint density at radius 2 is 2.14 bits per heavy atom. The molecule has 2 rings (SSSR count). The van der Waals surface area contributed by atoms with Crippen LogP contribution in [0.25, 0.3) is 0 Å². The zero-order chi connectivity index (χ0) is 9.97. The first-order chi connectivity index (χ1) is 6.77. The number of aromatic nitrogens is 4. The van der Waals surface area contributed by atoms with E-state index in [1.165, 1.54) is 12.4 Å². The summed E-state index contributed by atoms with van der Waals surface area (Å²) in [6, 6.07) is 1.73. The molecule has 0 bridgehead atoms. The van der Waals surface area contributed by atoms with Crippen LogP contribution in [0.15, 0.2) is 30.9 Å². The highest BCUT2D eigenvalue weighted by Gasteiger charge is 2.11. The number of hydrogen-bond donors (Lipinski definition) is 0. The van der Waals surface area contributed by atoms with Crippen LogP contribution in [0.2, 0.25) is 0 Å². The third kappa shape index (κ3) is 1.63. The Balaban J connectivity index is 2.21. The Kier molecular flexibility index (Phi) is 2.26. The van der Waals surface area contributed by atoms with E-state index in [4.69, 9.17) is 0 Å². The smallest absolute Gasteiger partial charge is 0.276 e. The number of imidazole rings is 1. The molecule has 74 valence electrons. The van der Waals surface area contributed by atoms with Gasteiger partial charge in [0.1, 0.15) is 5.82 Å². The van der Waals surface area contributed by atoms with Crippen molar-refractivity contribution in [1.29, 1.82) is 0 Å². The molecule has 0 unspecified atom stereocenters. The quantitative estimate of drug-likeness (QED) is 0.749. The minimum Gasteiger partial charge on any atom is -0.276 e. The fraction of sp³-hybridized carbons (Fsp3) is 0.250.